The summed E-state index contributed by atoms with van der Waals surface area (Å²) in [6.45, 7) is 1.87. The van der Waals surface area contributed by atoms with E-state index in [1.54, 1.807) is 26.4 Å². The maximum atomic E-state index is 12.5. The molecule has 1 aromatic heterocycles. The first kappa shape index (κ1) is 18.0. The van der Waals surface area contributed by atoms with E-state index < -0.39 is 0 Å². The van der Waals surface area contributed by atoms with E-state index in [1.807, 2.05) is 37.3 Å². The zero-order valence-electron chi connectivity index (χ0n) is 14.6. The topological polar surface area (TPSA) is 72.5 Å². The van der Waals surface area contributed by atoms with E-state index in [4.69, 9.17) is 9.47 Å². The summed E-state index contributed by atoms with van der Waals surface area (Å²) in [5.41, 5.74) is 2.79. The van der Waals surface area contributed by atoms with Crippen LogP contribution in [-0.2, 0) is 0 Å². The van der Waals surface area contributed by atoms with Gasteiger partial charge in [-0.15, -0.1) is 0 Å². The van der Waals surface area contributed by atoms with Crippen molar-refractivity contribution in [3.63, 3.8) is 0 Å². The molecule has 2 N–H and O–H groups in total. The molecular formula is C19H18BrN3O3. The molecular weight excluding hydrogens is 398 g/mol. The Morgan fingerprint density at radius 3 is 2.50 bits per heavy atom. The SMILES string of the molecule is COc1ccc2c(NC(=O)Nc3ccc(Br)cc3OC)cc(C)nc2c1. The van der Waals surface area contributed by atoms with E-state index in [0.29, 0.717) is 22.9 Å². The van der Waals surface area contributed by atoms with Crippen LogP contribution in [0.25, 0.3) is 10.9 Å². The van der Waals surface area contributed by atoms with Crippen molar-refractivity contribution in [3.8, 4) is 11.5 Å². The maximum absolute atomic E-state index is 12.5. The van der Waals surface area contributed by atoms with Gasteiger partial charge in [0.05, 0.1) is 31.1 Å². The summed E-state index contributed by atoms with van der Waals surface area (Å²) in [5, 5.41) is 6.51. The van der Waals surface area contributed by atoms with Crippen LogP contribution in [-0.4, -0.2) is 25.2 Å². The van der Waals surface area contributed by atoms with Crippen molar-refractivity contribution in [1.82, 2.24) is 4.98 Å². The second-order valence-electron chi connectivity index (χ2n) is 5.62. The minimum Gasteiger partial charge on any atom is -0.497 e. The third-order valence-electron chi connectivity index (χ3n) is 3.81. The molecule has 0 atom stereocenters. The van der Waals surface area contributed by atoms with Crippen LogP contribution >= 0.6 is 15.9 Å². The lowest BCUT2D eigenvalue weighted by Crippen LogP contribution is -2.20. The van der Waals surface area contributed by atoms with Gasteiger partial charge in [0.25, 0.3) is 0 Å². The number of nitrogens with one attached hydrogen (secondary N) is 2. The highest BCUT2D eigenvalue weighted by atomic mass is 79.9. The highest BCUT2D eigenvalue weighted by Gasteiger charge is 2.11. The Bertz CT molecular complexity index is 976. The average molecular weight is 416 g/mol. The zero-order valence-corrected chi connectivity index (χ0v) is 16.2. The first-order valence-electron chi connectivity index (χ1n) is 7.87. The molecule has 0 radical (unpaired) electrons. The first-order chi connectivity index (χ1) is 12.5. The largest absolute Gasteiger partial charge is 0.497 e. The fraction of sp³-hybridized carbons (Fsp3) is 0.158. The van der Waals surface area contributed by atoms with E-state index in [9.17, 15) is 4.79 Å². The number of benzene rings is 2. The second kappa shape index (κ2) is 7.61. The number of nitrogens with zero attached hydrogens (tertiary/aromatic N) is 1. The molecule has 0 bridgehead atoms. The predicted molar refractivity (Wildman–Crippen MR) is 106 cm³/mol. The number of carbonyl (C=O) groups excluding carboxylic acids is 1. The van der Waals surface area contributed by atoms with E-state index >= 15 is 0 Å². The molecule has 7 heteroatoms. The number of aryl methyl sites for hydroxylation is 1. The number of hydrogen-bond donors (Lipinski definition) is 2. The number of methoxy groups -OCH3 is 2. The molecule has 6 nitrogen and oxygen atoms in total. The molecule has 0 aliphatic heterocycles. The summed E-state index contributed by atoms with van der Waals surface area (Å²) in [6, 6.07) is 12.4. The molecule has 0 aliphatic carbocycles. The van der Waals surface area contributed by atoms with Crippen LogP contribution in [0.4, 0.5) is 16.2 Å². The predicted octanol–water partition coefficient (Wildman–Crippen LogP) is 4.97. The van der Waals surface area contributed by atoms with Crippen LogP contribution in [0, 0.1) is 6.92 Å². The Hall–Kier alpha value is -2.80. The molecule has 2 amide bonds. The third kappa shape index (κ3) is 3.88. The molecule has 0 aliphatic rings. The summed E-state index contributed by atoms with van der Waals surface area (Å²) in [6.07, 6.45) is 0. The molecule has 0 fully saturated rings. The van der Waals surface area contributed by atoms with Gasteiger partial charge < -0.3 is 20.1 Å². The average Bonchev–Trinajstić information content (AvgIpc) is 2.62. The molecule has 134 valence electrons. The van der Waals surface area contributed by atoms with Crippen molar-refractivity contribution in [3.05, 3.63) is 52.6 Å². The summed E-state index contributed by atoms with van der Waals surface area (Å²) < 4.78 is 11.4. The maximum Gasteiger partial charge on any atom is 0.323 e. The molecule has 0 saturated heterocycles. The molecule has 1 heterocycles. The summed E-state index contributed by atoms with van der Waals surface area (Å²) in [7, 11) is 3.16. The molecule has 0 saturated carbocycles. The number of pyridine rings is 1. The quantitative estimate of drug-likeness (QED) is 0.630. The third-order valence-corrected chi connectivity index (χ3v) is 4.30. The number of hydrogen-bond acceptors (Lipinski definition) is 4. The molecule has 0 unspecified atom stereocenters. The van der Waals surface area contributed by atoms with E-state index in [1.165, 1.54) is 0 Å². The van der Waals surface area contributed by atoms with Crippen molar-refractivity contribution in [2.24, 2.45) is 0 Å². The normalized spacial score (nSPS) is 10.5. The van der Waals surface area contributed by atoms with Gasteiger partial charge in [-0.25, -0.2) is 4.79 Å². The second-order valence-corrected chi connectivity index (χ2v) is 6.53. The van der Waals surface area contributed by atoms with Gasteiger partial charge in [-0.05, 0) is 43.3 Å². The summed E-state index contributed by atoms with van der Waals surface area (Å²) in [4.78, 5) is 17.0. The molecule has 26 heavy (non-hydrogen) atoms. The van der Waals surface area contributed by atoms with Crippen LogP contribution in [0.5, 0.6) is 11.5 Å². The van der Waals surface area contributed by atoms with Gasteiger partial charge in [0.15, 0.2) is 0 Å². The Labute approximate surface area is 159 Å². The lowest BCUT2D eigenvalue weighted by molar-refractivity contribution is 0.262. The number of urea groups is 1. The van der Waals surface area contributed by atoms with Crippen molar-refractivity contribution in [2.45, 2.75) is 6.92 Å². The summed E-state index contributed by atoms with van der Waals surface area (Å²) in [5.74, 6) is 1.28. The number of aromatic nitrogens is 1. The highest BCUT2D eigenvalue weighted by Crippen LogP contribution is 2.29. The van der Waals surface area contributed by atoms with E-state index in [-0.39, 0.29) is 6.03 Å². The number of amides is 2. The molecule has 3 aromatic rings. The number of ether oxygens (including phenoxy) is 2. The number of carbonyl (C=O) groups is 1. The van der Waals surface area contributed by atoms with Crippen LogP contribution in [0.2, 0.25) is 0 Å². The summed E-state index contributed by atoms with van der Waals surface area (Å²) >= 11 is 3.38. The lowest BCUT2D eigenvalue weighted by atomic mass is 10.1. The molecule has 2 aromatic carbocycles. The molecule has 0 spiro atoms. The minimum atomic E-state index is -0.367. The zero-order chi connectivity index (χ0) is 18.7. The van der Waals surface area contributed by atoms with Crippen LogP contribution in [0.3, 0.4) is 0 Å². The number of halogens is 1. The fourth-order valence-electron chi connectivity index (χ4n) is 2.62. The number of fused-ring (bicyclic) bond motifs is 1. The van der Waals surface area contributed by atoms with Gasteiger partial charge in [0, 0.05) is 21.6 Å². The lowest BCUT2D eigenvalue weighted by Gasteiger charge is -2.13. The standard InChI is InChI=1S/C19H18BrN3O3/c1-11-8-16(14-6-5-13(25-2)10-17(14)21-11)23-19(24)22-15-7-4-12(20)9-18(15)26-3/h4-10H,1-3H3,(H2,21,22,23,24). The Kier molecular flexibility index (Phi) is 5.27. The van der Waals surface area contributed by atoms with Crippen molar-refractivity contribution < 1.29 is 14.3 Å². The Balaban J connectivity index is 1.88. The van der Waals surface area contributed by atoms with Gasteiger partial charge >= 0.3 is 6.03 Å². The smallest absolute Gasteiger partial charge is 0.323 e. The fourth-order valence-corrected chi connectivity index (χ4v) is 2.96. The van der Waals surface area contributed by atoms with Crippen molar-refractivity contribution in [2.75, 3.05) is 24.9 Å². The van der Waals surface area contributed by atoms with Crippen LogP contribution in [0.15, 0.2) is 46.9 Å². The van der Waals surface area contributed by atoms with Gasteiger partial charge in [0.2, 0.25) is 0 Å². The Morgan fingerprint density at radius 2 is 1.77 bits per heavy atom. The highest BCUT2D eigenvalue weighted by molar-refractivity contribution is 9.10. The van der Waals surface area contributed by atoms with Crippen LogP contribution < -0.4 is 20.1 Å². The van der Waals surface area contributed by atoms with Gasteiger partial charge in [-0.3, -0.25) is 4.98 Å². The first-order valence-corrected chi connectivity index (χ1v) is 8.66. The monoisotopic (exact) mass is 415 g/mol. The number of rotatable bonds is 4. The number of anilines is 2. The van der Waals surface area contributed by atoms with Gasteiger partial charge in [-0.1, -0.05) is 15.9 Å². The van der Waals surface area contributed by atoms with E-state index in [2.05, 4.69) is 31.5 Å². The van der Waals surface area contributed by atoms with Gasteiger partial charge in [0.1, 0.15) is 11.5 Å². The minimum absolute atomic E-state index is 0.367. The van der Waals surface area contributed by atoms with Crippen molar-refractivity contribution in [1.29, 1.82) is 0 Å². The Morgan fingerprint density at radius 1 is 1.00 bits per heavy atom. The van der Waals surface area contributed by atoms with Crippen LogP contribution in [0.1, 0.15) is 5.69 Å². The van der Waals surface area contributed by atoms with Gasteiger partial charge in [-0.2, -0.15) is 0 Å². The van der Waals surface area contributed by atoms with E-state index in [0.717, 1.165) is 21.1 Å². The molecule has 3 rings (SSSR count). The van der Waals surface area contributed by atoms with Crippen molar-refractivity contribution >= 4 is 44.2 Å².